The third-order valence-electron chi connectivity index (χ3n) is 2.84. The predicted octanol–water partition coefficient (Wildman–Crippen LogP) is 1.36. The van der Waals surface area contributed by atoms with Crippen molar-refractivity contribution < 1.29 is 0 Å². The smallest absolute Gasteiger partial charge is 0.209 e. The molecule has 0 aliphatic carbocycles. The summed E-state index contributed by atoms with van der Waals surface area (Å²) in [5.41, 5.74) is 0. The fourth-order valence-corrected chi connectivity index (χ4v) is 3.61. The van der Waals surface area contributed by atoms with E-state index in [1.54, 1.807) is 32.9 Å². The van der Waals surface area contributed by atoms with Gasteiger partial charge in [0.05, 0.1) is 0 Å². The van der Waals surface area contributed by atoms with Crippen LogP contribution in [0.1, 0.15) is 27.7 Å². The molecule has 0 fully saturated rings. The summed E-state index contributed by atoms with van der Waals surface area (Å²) in [6, 6.07) is 0. The first-order valence-corrected chi connectivity index (χ1v) is 8.27. The molecule has 0 saturated heterocycles. The first-order chi connectivity index (χ1) is 9.65. The summed E-state index contributed by atoms with van der Waals surface area (Å²) in [5, 5.41) is 25.8. The Balaban J connectivity index is 1.97. The summed E-state index contributed by atoms with van der Waals surface area (Å²) in [5.74, 6) is 0. The van der Waals surface area contributed by atoms with Crippen LogP contribution >= 0.6 is 23.5 Å². The van der Waals surface area contributed by atoms with Gasteiger partial charge in [-0.2, -0.15) is 0 Å². The Kier molecular flexibility index (Phi) is 5.35. The predicted molar refractivity (Wildman–Crippen MR) is 77.6 cm³/mol. The molecule has 0 N–H and O–H groups in total. The minimum atomic E-state index is 0.346. The summed E-state index contributed by atoms with van der Waals surface area (Å²) < 4.78 is 3.60. The number of nitrogens with zero attached hydrogens (tertiary/aromatic N) is 8. The normalized spacial score (nSPS) is 14.4. The lowest BCUT2D eigenvalue weighted by molar-refractivity contribution is 0.579. The topological polar surface area (TPSA) is 87.2 Å². The van der Waals surface area contributed by atoms with Crippen molar-refractivity contribution in [2.45, 2.75) is 61.6 Å². The molecule has 0 aliphatic heterocycles. The molecule has 0 bridgehead atoms. The zero-order valence-corrected chi connectivity index (χ0v) is 13.6. The van der Waals surface area contributed by atoms with Gasteiger partial charge in [-0.1, -0.05) is 37.4 Å². The van der Waals surface area contributed by atoms with Crippen molar-refractivity contribution in [3.63, 3.8) is 0 Å². The van der Waals surface area contributed by atoms with Crippen LogP contribution in [0.4, 0.5) is 0 Å². The van der Waals surface area contributed by atoms with E-state index in [0.717, 1.165) is 23.4 Å². The number of hydrogen-bond acceptors (Lipinski definition) is 8. The van der Waals surface area contributed by atoms with E-state index in [9.17, 15) is 0 Å². The third kappa shape index (κ3) is 3.48. The van der Waals surface area contributed by atoms with Gasteiger partial charge in [0.2, 0.25) is 10.3 Å². The first-order valence-electron chi connectivity index (χ1n) is 6.51. The van der Waals surface area contributed by atoms with Gasteiger partial charge in [-0.25, -0.2) is 9.36 Å². The Hall–Kier alpha value is -1.16. The fourth-order valence-electron chi connectivity index (χ4n) is 1.48. The SMILES string of the molecule is CCn1nnnc1SC(C)C(C)Sc1nnnn1CC. The lowest BCUT2D eigenvalue weighted by Crippen LogP contribution is -2.15. The Bertz CT molecular complexity index is 491. The van der Waals surface area contributed by atoms with E-state index in [-0.39, 0.29) is 0 Å². The van der Waals surface area contributed by atoms with Crippen LogP contribution in [0.2, 0.25) is 0 Å². The van der Waals surface area contributed by atoms with Crippen LogP contribution in [-0.4, -0.2) is 50.9 Å². The molecule has 0 aromatic carbocycles. The Morgan fingerprint density at radius 3 is 1.60 bits per heavy atom. The molecular formula is C10H18N8S2. The molecule has 0 amide bonds. The van der Waals surface area contributed by atoms with E-state index in [4.69, 9.17) is 0 Å². The Morgan fingerprint density at radius 1 is 0.850 bits per heavy atom. The van der Waals surface area contributed by atoms with Crippen LogP contribution in [0.3, 0.4) is 0 Å². The summed E-state index contributed by atoms with van der Waals surface area (Å²) >= 11 is 3.35. The van der Waals surface area contributed by atoms with Crippen LogP contribution in [0.5, 0.6) is 0 Å². The van der Waals surface area contributed by atoms with Crippen LogP contribution in [0.25, 0.3) is 0 Å². The highest BCUT2D eigenvalue weighted by molar-refractivity contribution is 8.03. The zero-order chi connectivity index (χ0) is 14.5. The second kappa shape index (κ2) is 7.02. The van der Waals surface area contributed by atoms with Crippen LogP contribution in [0, 0.1) is 0 Å². The summed E-state index contributed by atoms with van der Waals surface area (Å²) in [6.45, 7) is 9.93. The maximum absolute atomic E-state index is 4.05. The Morgan fingerprint density at radius 2 is 1.25 bits per heavy atom. The van der Waals surface area contributed by atoms with Crippen LogP contribution in [-0.2, 0) is 13.1 Å². The summed E-state index contributed by atoms with van der Waals surface area (Å²) in [4.78, 5) is 0. The average molecular weight is 314 g/mol. The van der Waals surface area contributed by atoms with Crippen molar-refractivity contribution in [2.24, 2.45) is 0 Å². The second-order valence-corrected chi connectivity index (χ2v) is 6.89. The number of tetrazole rings is 2. The van der Waals surface area contributed by atoms with E-state index in [2.05, 4.69) is 44.9 Å². The van der Waals surface area contributed by atoms with Crippen molar-refractivity contribution in [1.29, 1.82) is 0 Å². The molecule has 20 heavy (non-hydrogen) atoms. The number of rotatable bonds is 7. The van der Waals surface area contributed by atoms with Crippen LogP contribution < -0.4 is 0 Å². The second-order valence-electron chi connectivity index (χ2n) is 4.20. The maximum Gasteiger partial charge on any atom is 0.209 e. The molecule has 2 rings (SSSR count). The van der Waals surface area contributed by atoms with Gasteiger partial charge in [-0.15, -0.1) is 10.2 Å². The molecule has 2 aromatic heterocycles. The van der Waals surface area contributed by atoms with Gasteiger partial charge in [0, 0.05) is 23.6 Å². The molecule has 110 valence electrons. The molecule has 2 unspecified atom stereocenters. The highest BCUT2D eigenvalue weighted by atomic mass is 32.2. The van der Waals surface area contributed by atoms with Gasteiger partial charge in [0.25, 0.3) is 0 Å². The highest BCUT2D eigenvalue weighted by Crippen LogP contribution is 2.31. The Labute approximate surface area is 126 Å². The molecule has 2 aromatic rings. The summed E-state index contributed by atoms with van der Waals surface area (Å²) in [6.07, 6.45) is 0. The van der Waals surface area contributed by atoms with Gasteiger partial charge in [-0.05, 0) is 34.7 Å². The monoisotopic (exact) mass is 314 g/mol. The highest BCUT2D eigenvalue weighted by Gasteiger charge is 2.20. The van der Waals surface area contributed by atoms with Gasteiger partial charge >= 0.3 is 0 Å². The van der Waals surface area contributed by atoms with E-state index in [0.29, 0.717) is 10.5 Å². The van der Waals surface area contributed by atoms with E-state index in [1.165, 1.54) is 0 Å². The van der Waals surface area contributed by atoms with E-state index < -0.39 is 0 Å². The molecule has 10 heteroatoms. The average Bonchev–Trinajstić information content (AvgIpc) is 3.07. The maximum atomic E-state index is 4.05. The van der Waals surface area contributed by atoms with Crippen molar-refractivity contribution in [3.8, 4) is 0 Å². The lowest BCUT2D eigenvalue weighted by Gasteiger charge is -2.17. The number of thioether (sulfide) groups is 2. The molecule has 0 spiro atoms. The van der Waals surface area contributed by atoms with Gasteiger partial charge < -0.3 is 0 Å². The molecule has 0 aliphatic rings. The van der Waals surface area contributed by atoms with Crippen LogP contribution in [0.15, 0.2) is 10.3 Å². The minimum absolute atomic E-state index is 0.346. The number of aryl methyl sites for hydroxylation is 2. The first kappa shape index (κ1) is 15.2. The van der Waals surface area contributed by atoms with Crippen molar-refractivity contribution in [2.75, 3.05) is 0 Å². The van der Waals surface area contributed by atoms with Gasteiger partial charge in [0.15, 0.2) is 0 Å². The summed E-state index contributed by atoms with van der Waals surface area (Å²) in [7, 11) is 0. The quantitative estimate of drug-likeness (QED) is 0.708. The molecule has 2 heterocycles. The minimum Gasteiger partial charge on any atom is -0.221 e. The van der Waals surface area contributed by atoms with Gasteiger partial charge in [-0.3, -0.25) is 0 Å². The van der Waals surface area contributed by atoms with E-state index >= 15 is 0 Å². The lowest BCUT2D eigenvalue weighted by atomic mass is 10.4. The molecule has 0 radical (unpaired) electrons. The zero-order valence-electron chi connectivity index (χ0n) is 12.0. The van der Waals surface area contributed by atoms with Crippen molar-refractivity contribution in [1.82, 2.24) is 40.4 Å². The molecule has 2 atom stereocenters. The van der Waals surface area contributed by atoms with Crippen molar-refractivity contribution in [3.05, 3.63) is 0 Å². The largest absolute Gasteiger partial charge is 0.221 e. The number of aromatic nitrogens is 8. The van der Waals surface area contributed by atoms with Gasteiger partial charge in [0.1, 0.15) is 0 Å². The standard InChI is InChI=1S/C10H18N8S2/c1-5-17-9(11-13-15-17)19-7(3)8(4)20-10-12-14-16-18(10)6-2/h7-8H,5-6H2,1-4H3. The van der Waals surface area contributed by atoms with Crippen molar-refractivity contribution >= 4 is 23.5 Å². The molecule has 0 saturated carbocycles. The van der Waals surface area contributed by atoms with E-state index in [1.807, 2.05) is 13.8 Å². The molecular weight excluding hydrogens is 296 g/mol. The molecule has 8 nitrogen and oxygen atoms in total. The number of hydrogen-bond donors (Lipinski definition) is 0. The third-order valence-corrected chi connectivity index (χ3v) is 5.58. The fraction of sp³-hybridized carbons (Fsp3) is 0.800.